The van der Waals surface area contributed by atoms with E-state index in [-0.39, 0.29) is 6.10 Å². The highest BCUT2D eigenvalue weighted by atomic mass is 35.5. The standard InChI is InChI=1S/C21H24Cl2N2O2/c22-18-6-3-14(10-19(18)23)2-1-9-25-12-17(13-25)27-16-5-7-20-15(11-16)4-8-21(26)24-20/h3,5-7,10-11,17,21,24,26H,1-2,4,8-9,12-13H2. The minimum absolute atomic E-state index is 0.259. The molecule has 1 fully saturated rings. The van der Waals surface area contributed by atoms with Crippen molar-refractivity contribution in [2.24, 2.45) is 0 Å². The summed E-state index contributed by atoms with van der Waals surface area (Å²) in [6, 6.07) is 11.9. The van der Waals surface area contributed by atoms with Crippen LogP contribution in [0.25, 0.3) is 0 Å². The summed E-state index contributed by atoms with van der Waals surface area (Å²) in [5, 5.41) is 14.0. The van der Waals surface area contributed by atoms with Gasteiger partial charge in [0.1, 0.15) is 18.1 Å². The molecule has 2 heterocycles. The molecule has 1 saturated heterocycles. The first-order valence-corrected chi connectivity index (χ1v) is 10.2. The molecule has 2 aliphatic heterocycles. The molecule has 1 atom stereocenters. The van der Waals surface area contributed by atoms with E-state index in [4.69, 9.17) is 27.9 Å². The summed E-state index contributed by atoms with van der Waals surface area (Å²) in [5.41, 5.74) is 3.46. The van der Waals surface area contributed by atoms with E-state index in [9.17, 15) is 5.11 Å². The topological polar surface area (TPSA) is 44.7 Å². The molecule has 0 saturated carbocycles. The van der Waals surface area contributed by atoms with Crippen LogP contribution in [0.2, 0.25) is 10.0 Å². The molecule has 2 N–H and O–H groups in total. The van der Waals surface area contributed by atoms with Crippen LogP contribution in [0.4, 0.5) is 5.69 Å². The molecule has 2 aliphatic rings. The van der Waals surface area contributed by atoms with Crippen molar-refractivity contribution in [2.75, 3.05) is 25.0 Å². The number of ether oxygens (including phenoxy) is 1. The van der Waals surface area contributed by atoms with Gasteiger partial charge >= 0.3 is 0 Å². The van der Waals surface area contributed by atoms with Gasteiger partial charge in [0.25, 0.3) is 0 Å². The van der Waals surface area contributed by atoms with Crippen LogP contribution in [0.1, 0.15) is 24.0 Å². The van der Waals surface area contributed by atoms with Gasteiger partial charge in [0.2, 0.25) is 0 Å². The fourth-order valence-corrected chi connectivity index (χ4v) is 4.03. The van der Waals surface area contributed by atoms with Crippen LogP contribution < -0.4 is 10.1 Å². The molecule has 0 bridgehead atoms. The summed E-state index contributed by atoms with van der Waals surface area (Å²) in [6.07, 6.45) is 3.54. The molecule has 0 aromatic heterocycles. The van der Waals surface area contributed by atoms with E-state index in [2.05, 4.69) is 16.3 Å². The molecule has 27 heavy (non-hydrogen) atoms. The number of aliphatic hydroxyl groups excluding tert-OH is 1. The highest BCUT2D eigenvalue weighted by Gasteiger charge is 2.28. The van der Waals surface area contributed by atoms with Gasteiger partial charge in [0.15, 0.2) is 0 Å². The number of nitrogens with one attached hydrogen (secondary N) is 1. The molecule has 4 rings (SSSR count). The lowest BCUT2D eigenvalue weighted by atomic mass is 10.0. The van der Waals surface area contributed by atoms with Crippen molar-refractivity contribution in [3.05, 3.63) is 57.6 Å². The molecule has 0 amide bonds. The Morgan fingerprint density at radius 3 is 2.78 bits per heavy atom. The smallest absolute Gasteiger partial charge is 0.124 e. The van der Waals surface area contributed by atoms with Gasteiger partial charge in [0.05, 0.1) is 10.0 Å². The number of benzene rings is 2. The number of nitrogens with zero attached hydrogens (tertiary/aromatic N) is 1. The lowest BCUT2D eigenvalue weighted by Crippen LogP contribution is -2.53. The lowest BCUT2D eigenvalue weighted by molar-refractivity contribution is 0.0195. The summed E-state index contributed by atoms with van der Waals surface area (Å²) in [7, 11) is 0. The monoisotopic (exact) mass is 406 g/mol. The number of anilines is 1. The predicted octanol–water partition coefficient (Wildman–Crippen LogP) is 4.37. The number of fused-ring (bicyclic) bond motifs is 1. The molecule has 2 aromatic carbocycles. The summed E-state index contributed by atoms with van der Waals surface area (Å²) in [6.45, 7) is 3.00. The van der Waals surface area contributed by atoms with Gasteiger partial charge in [-0.1, -0.05) is 29.3 Å². The average Bonchev–Trinajstić information content (AvgIpc) is 2.62. The first kappa shape index (κ1) is 18.9. The molecule has 0 spiro atoms. The minimum Gasteiger partial charge on any atom is -0.488 e. The van der Waals surface area contributed by atoms with Gasteiger partial charge < -0.3 is 15.2 Å². The SMILES string of the molecule is OC1CCc2cc(OC3CN(CCCc4ccc(Cl)c(Cl)c4)C3)ccc2N1. The van der Waals surface area contributed by atoms with Gasteiger partial charge in [-0.15, -0.1) is 0 Å². The largest absolute Gasteiger partial charge is 0.488 e. The third-order valence-corrected chi connectivity index (χ3v) is 5.98. The van der Waals surface area contributed by atoms with E-state index in [1.807, 2.05) is 30.3 Å². The second-order valence-electron chi connectivity index (χ2n) is 7.37. The molecule has 6 heteroatoms. The van der Waals surface area contributed by atoms with Crippen molar-refractivity contribution in [3.63, 3.8) is 0 Å². The van der Waals surface area contributed by atoms with Gasteiger partial charge in [-0.3, -0.25) is 4.90 Å². The Hall–Kier alpha value is -1.46. The third-order valence-electron chi connectivity index (χ3n) is 5.24. The highest BCUT2D eigenvalue weighted by Crippen LogP contribution is 2.29. The Morgan fingerprint density at radius 1 is 1.11 bits per heavy atom. The molecule has 0 aliphatic carbocycles. The number of likely N-dealkylation sites (tertiary alicyclic amines) is 1. The maximum Gasteiger partial charge on any atom is 0.124 e. The first-order chi connectivity index (χ1) is 13.1. The molecule has 1 unspecified atom stereocenters. The molecule has 0 radical (unpaired) electrons. The van der Waals surface area contributed by atoms with Crippen molar-refractivity contribution >= 4 is 28.9 Å². The normalized spacial score (nSPS) is 19.9. The van der Waals surface area contributed by atoms with Crippen molar-refractivity contribution in [3.8, 4) is 5.75 Å². The number of aryl methyl sites for hydroxylation is 2. The average molecular weight is 407 g/mol. The third kappa shape index (κ3) is 4.69. The van der Waals surface area contributed by atoms with E-state index in [1.54, 1.807) is 0 Å². The fraction of sp³-hybridized carbons (Fsp3) is 0.429. The number of hydrogen-bond acceptors (Lipinski definition) is 4. The van der Waals surface area contributed by atoms with E-state index in [1.165, 1.54) is 11.1 Å². The van der Waals surface area contributed by atoms with E-state index in [0.29, 0.717) is 10.0 Å². The highest BCUT2D eigenvalue weighted by molar-refractivity contribution is 6.42. The van der Waals surface area contributed by atoms with Gasteiger partial charge in [-0.05, 0) is 73.7 Å². The number of halogens is 2. The zero-order chi connectivity index (χ0) is 18.8. The predicted molar refractivity (Wildman–Crippen MR) is 110 cm³/mol. The maximum absolute atomic E-state index is 9.66. The summed E-state index contributed by atoms with van der Waals surface area (Å²) in [5.74, 6) is 0.924. The summed E-state index contributed by atoms with van der Waals surface area (Å²) < 4.78 is 6.10. The molecule has 2 aromatic rings. The zero-order valence-electron chi connectivity index (χ0n) is 15.1. The fourth-order valence-electron chi connectivity index (χ4n) is 3.71. The van der Waals surface area contributed by atoms with Gasteiger partial charge in [-0.25, -0.2) is 0 Å². The van der Waals surface area contributed by atoms with E-state index < -0.39 is 6.23 Å². The van der Waals surface area contributed by atoms with E-state index >= 15 is 0 Å². The Kier molecular flexibility index (Phi) is 5.79. The van der Waals surface area contributed by atoms with Crippen LogP contribution in [-0.4, -0.2) is 42.0 Å². The number of hydrogen-bond donors (Lipinski definition) is 2. The van der Waals surface area contributed by atoms with Crippen LogP contribution in [0.15, 0.2) is 36.4 Å². The Balaban J connectivity index is 1.19. The van der Waals surface area contributed by atoms with Crippen LogP contribution in [0, 0.1) is 0 Å². The molecular formula is C21H24Cl2N2O2. The lowest BCUT2D eigenvalue weighted by Gasteiger charge is -2.39. The van der Waals surface area contributed by atoms with Crippen LogP contribution in [0.5, 0.6) is 5.75 Å². The molecule has 144 valence electrons. The van der Waals surface area contributed by atoms with Gasteiger partial charge in [0, 0.05) is 18.8 Å². The van der Waals surface area contributed by atoms with Crippen molar-refractivity contribution < 1.29 is 9.84 Å². The molecular weight excluding hydrogens is 383 g/mol. The summed E-state index contributed by atoms with van der Waals surface area (Å²) >= 11 is 12.0. The first-order valence-electron chi connectivity index (χ1n) is 9.47. The van der Waals surface area contributed by atoms with Crippen LogP contribution in [-0.2, 0) is 12.8 Å². The number of aliphatic hydroxyl groups is 1. The number of rotatable bonds is 6. The van der Waals surface area contributed by atoms with Crippen LogP contribution in [0.3, 0.4) is 0 Å². The van der Waals surface area contributed by atoms with Crippen LogP contribution >= 0.6 is 23.2 Å². The van der Waals surface area contributed by atoms with Crippen molar-refractivity contribution in [2.45, 2.75) is 38.0 Å². The Morgan fingerprint density at radius 2 is 1.96 bits per heavy atom. The quantitative estimate of drug-likeness (QED) is 0.747. The van der Waals surface area contributed by atoms with E-state index in [0.717, 1.165) is 56.8 Å². The Labute approximate surface area is 170 Å². The second-order valence-corrected chi connectivity index (χ2v) is 8.18. The van der Waals surface area contributed by atoms with Crippen molar-refractivity contribution in [1.82, 2.24) is 4.90 Å². The second kappa shape index (κ2) is 8.27. The zero-order valence-corrected chi connectivity index (χ0v) is 16.6. The molecule has 4 nitrogen and oxygen atoms in total. The Bertz CT molecular complexity index is 809. The summed E-state index contributed by atoms with van der Waals surface area (Å²) in [4.78, 5) is 2.42. The maximum atomic E-state index is 9.66. The van der Waals surface area contributed by atoms with Crippen molar-refractivity contribution in [1.29, 1.82) is 0 Å². The van der Waals surface area contributed by atoms with Gasteiger partial charge in [-0.2, -0.15) is 0 Å². The minimum atomic E-state index is -0.437.